The minimum Gasteiger partial charge on any atom is -0.484 e. The fourth-order valence-corrected chi connectivity index (χ4v) is 3.73. The molecule has 0 saturated carbocycles. The molecular formula is C27H35N3O5. The summed E-state index contributed by atoms with van der Waals surface area (Å²) in [6, 6.07) is 17.2. The van der Waals surface area contributed by atoms with E-state index >= 15 is 0 Å². The molecule has 0 atom stereocenters. The third-order valence-corrected chi connectivity index (χ3v) is 5.85. The summed E-state index contributed by atoms with van der Waals surface area (Å²) in [5.41, 5.74) is 2.69. The van der Waals surface area contributed by atoms with E-state index in [0.717, 1.165) is 49.2 Å². The Morgan fingerprint density at radius 1 is 1.00 bits per heavy atom. The van der Waals surface area contributed by atoms with Crippen LogP contribution in [-0.4, -0.2) is 74.3 Å². The van der Waals surface area contributed by atoms with Gasteiger partial charge in [-0.05, 0) is 54.7 Å². The van der Waals surface area contributed by atoms with E-state index in [2.05, 4.69) is 5.16 Å². The van der Waals surface area contributed by atoms with Crippen molar-refractivity contribution >= 4 is 17.5 Å². The maximum absolute atomic E-state index is 12.4. The maximum atomic E-state index is 12.4. The van der Waals surface area contributed by atoms with Gasteiger partial charge in [-0.15, -0.1) is 0 Å². The summed E-state index contributed by atoms with van der Waals surface area (Å²) in [5, 5.41) is 4.32. The van der Waals surface area contributed by atoms with Crippen molar-refractivity contribution in [1.29, 1.82) is 0 Å². The van der Waals surface area contributed by atoms with Crippen LogP contribution >= 0.6 is 0 Å². The van der Waals surface area contributed by atoms with Crippen molar-refractivity contribution in [3.8, 4) is 5.75 Å². The molecule has 1 saturated heterocycles. The normalized spacial score (nSPS) is 13.9. The van der Waals surface area contributed by atoms with Gasteiger partial charge in [0.05, 0.1) is 18.9 Å². The molecule has 0 spiro atoms. The van der Waals surface area contributed by atoms with Crippen molar-refractivity contribution in [3.05, 3.63) is 65.7 Å². The molecule has 1 aliphatic rings. The Bertz CT molecular complexity index is 957. The SMILES string of the molecule is COCCC(=NOCc1ccccc1)c1ccc(OCC(=O)N(C)CC(=O)N2CCCCC2)cc1. The highest BCUT2D eigenvalue weighted by atomic mass is 16.6. The summed E-state index contributed by atoms with van der Waals surface area (Å²) >= 11 is 0. The van der Waals surface area contributed by atoms with Crippen LogP contribution in [0.2, 0.25) is 0 Å². The molecule has 0 N–H and O–H groups in total. The fraction of sp³-hybridized carbons (Fsp3) is 0.444. The number of methoxy groups -OCH3 is 1. The summed E-state index contributed by atoms with van der Waals surface area (Å²) in [7, 11) is 3.28. The number of likely N-dealkylation sites (N-methyl/N-ethyl adjacent to an activating group) is 1. The Balaban J connectivity index is 1.50. The molecule has 0 bridgehead atoms. The number of hydrogen-bond acceptors (Lipinski definition) is 6. The van der Waals surface area contributed by atoms with E-state index < -0.39 is 0 Å². The largest absolute Gasteiger partial charge is 0.484 e. The Morgan fingerprint density at radius 2 is 1.71 bits per heavy atom. The van der Waals surface area contributed by atoms with Crippen LogP contribution in [0.15, 0.2) is 59.8 Å². The van der Waals surface area contributed by atoms with Crippen LogP contribution in [0.5, 0.6) is 5.75 Å². The molecule has 8 heteroatoms. The summed E-state index contributed by atoms with van der Waals surface area (Å²) in [6.45, 7) is 2.39. The predicted molar refractivity (Wildman–Crippen MR) is 134 cm³/mol. The van der Waals surface area contributed by atoms with E-state index in [1.54, 1.807) is 26.3 Å². The highest BCUT2D eigenvalue weighted by molar-refractivity contribution is 6.00. The Kier molecular flexibility index (Phi) is 10.6. The molecule has 2 aromatic rings. The third kappa shape index (κ3) is 8.72. The topological polar surface area (TPSA) is 80.7 Å². The van der Waals surface area contributed by atoms with Crippen LogP contribution in [0.3, 0.4) is 0 Å². The van der Waals surface area contributed by atoms with Crippen LogP contribution in [0.4, 0.5) is 0 Å². The number of carbonyl (C=O) groups excluding carboxylic acids is 2. The molecule has 35 heavy (non-hydrogen) atoms. The van der Waals surface area contributed by atoms with Crippen LogP contribution in [-0.2, 0) is 25.8 Å². The first-order valence-electron chi connectivity index (χ1n) is 12.0. The van der Waals surface area contributed by atoms with Crippen molar-refractivity contribution < 1.29 is 23.9 Å². The number of benzene rings is 2. The van der Waals surface area contributed by atoms with Gasteiger partial charge >= 0.3 is 0 Å². The first-order valence-corrected chi connectivity index (χ1v) is 12.0. The molecular weight excluding hydrogens is 446 g/mol. The second-order valence-electron chi connectivity index (χ2n) is 8.54. The Morgan fingerprint density at radius 3 is 2.40 bits per heavy atom. The highest BCUT2D eigenvalue weighted by Crippen LogP contribution is 2.15. The summed E-state index contributed by atoms with van der Waals surface area (Å²) in [5.74, 6) is 0.313. The first kappa shape index (κ1) is 26.2. The van der Waals surface area contributed by atoms with Gasteiger partial charge in [0.2, 0.25) is 5.91 Å². The van der Waals surface area contributed by atoms with Crippen molar-refractivity contribution in [1.82, 2.24) is 9.80 Å². The van der Waals surface area contributed by atoms with E-state index in [1.807, 2.05) is 47.4 Å². The van der Waals surface area contributed by atoms with Crippen molar-refractivity contribution in [2.45, 2.75) is 32.3 Å². The molecule has 0 radical (unpaired) electrons. The summed E-state index contributed by atoms with van der Waals surface area (Å²) in [4.78, 5) is 33.6. The van der Waals surface area contributed by atoms with Gasteiger partial charge < -0.3 is 24.1 Å². The third-order valence-electron chi connectivity index (χ3n) is 5.85. The molecule has 2 amide bonds. The van der Waals surface area contributed by atoms with Gasteiger partial charge in [-0.1, -0.05) is 35.5 Å². The van der Waals surface area contributed by atoms with Gasteiger partial charge in [-0.2, -0.15) is 0 Å². The quantitative estimate of drug-likeness (QED) is 0.342. The lowest BCUT2D eigenvalue weighted by Gasteiger charge is -2.28. The number of rotatable bonds is 12. The average Bonchev–Trinajstić information content (AvgIpc) is 2.90. The average molecular weight is 482 g/mol. The molecule has 188 valence electrons. The molecule has 8 nitrogen and oxygen atoms in total. The van der Waals surface area contributed by atoms with Gasteiger partial charge in [0.1, 0.15) is 12.4 Å². The zero-order valence-electron chi connectivity index (χ0n) is 20.7. The van der Waals surface area contributed by atoms with Gasteiger partial charge in [0.15, 0.2) is 6.61 Å². The number of likely N-dealkylation sites (tertiary alicyclic amines) is 1. The number of hydrogen-bond donors (Lipinski definition) is 0. The van der Waals surface area contributed by atoms with Crippen molar-refractivity contribution in [3.63, 3.8) is 0 Å². The lowest BCUT2D eigenvalue weighted by atomic mass is 10.1. The predicted octanol–water partition coefficient (Wildman–Crippen LogP) is 3.49. The number of carbonyl (C=O) groups is 2. The second-order valence-corrected chi connectivity index (χ2v) is 8.54. The molecule has 0 aromatic heterocycles. The zero-order valence-corrected chi connectivity index (χ0v) is 20.7. The van der Waals surface area contributed by atoms with E-state index in [-0.39, 0.29) is 25.0 Å². The van der Waals surface area contributed by atoms with E-state index in [1.165, 1.54) is 4.90 Å². The Hall–Kier alpha value is -3.39. The first-order chi connectivity index (χ1) is 17.1. The lowest BCUT2D eigenvalue weighted by molar-refractivity contribution is -0.140. The number of amides is 2. The molecule has 1 heterocycles. The number of oxime groups is 1. The van der Waals surface area contributed by atoms with Crippen LogP contribution < -0.4 is 4.74 Å². The van der Waals surface area contributed by atoms with Crippen LogP contribution in [0.25, 0.3) is 0 Å². The Labute approximate surface area is 207 Å². The minimum atomic E-state index is -0.240. The second kappa shape index (κ2) is 14.1. The van der Waals surface area contributed by atoms with Gasteiger partial charge in [0, 0.05) is 33.7 Å². The maximum Gasteiger partial charge on any atom is 0.260 e. The number of ether oxygens (including phenoxy) is 2. The van der Waals surface area contributed by atoms with E-state index in [0.29, 0.717) is 25.4 Å². The summed E-state index contributed by atoms with van der Waals surface area (Å²) < 4.78 is 10.9. The lowest BCUT2D eigenvalue weighted by Crippen LogP contribution is -2.44. The molecule has 0 unspecified atom stereocenters. The van der Waals surface area contributed by atoms with Gasteiger partial charge in [-0.3, -0.25) is 9.59 Å². The molecule has 0 aliphatic carbocycles. The molecule has 2 aromatic carbocycles. The van der Waals surface area contributed by atoms with Crippen molar-refractivity contribution in [2.75, 3.05) is 47.0 Å². The summed E-state index contributed by atoms with van der Waals surface area (Å²) in [6.07, 6.45) is 3.81. The minimum absolute atomic E-state index is 0.0118. The highest BCUT2D eigenvalue weighted by Gasteiger charge is 2.20. The zero-order chi connectivity index (χ0) is 24.9. The monoisotopic (exact) mass is 481 g/mol. The van der Waals surface area contributed by atoms with Crippen molar-refractivity contribution in [2.24, 2.45) is 5.16 Å². The molecule has 3 rings (SSSR count). The van der Waals surface area contributed by atoms with Crippen LogP contribution in [0.1, 0.15) is 36.8 Å². The standard InChI is InChI=1S/C27H35N3O5/c1-29(19-26(31)30-16-7-4-8-17-30)27(32)21-34-24-13-11-23(12-14-24)25(15-18-33-2)28-35-20-22-9-5-3-6-10-22/h3,5-6,9-14H,4,7-8,15-21H2,1-2H3. The number of piperidine rings is 1. The van der Waals surface area contributed by atoms with E-state index in [4.69, 9.17) is 14.3 Å². The number of nitrogens with zero attached hydrogens (tertiary/aromatic N) is 3. The van der Waals surface area contributed by atoms with Gasteiger partial charge in [-0.25, -0.2) is 0 Å². The molecule has 1 fully saturated rings. The molecule has 1 aliphatic heterocycles. The van der Waals surface area contributed by atoms with Crippen LogP contribution in [0, 0.1) is 0 Å². The van der Waals surface area contributed by atoms with E-state index in [9.17, 15) is 9.59 Å². The van der Waals surface area contributed by atoms with Gasteiger partial charge in [0.25, 0.3) is 5.91 Å². The fourth-order valence-electron chi connectivity index (χ4n) is 3.73. The smallest absolute Gasteiger partial charge is 0.260 e.